The Balaban J connectivity index is 1.84. The van der Waals surface area contributed by atoms with Gasteiger partial charge in [-0.2, -0.15) is 0 Å². The lowest BCUT2D eigenvalue weighted by Crippen LogP contribution is -2.24. The summed E-state index contributed by atoms with van der Waals surface area (Å²) in [5, 5.41) is 15.3. The molecule has 1 heterocycles. The lowest BCUT2D eigenvalue weighted by molar-refractivity contribution is 0.515. The molecule has 0 bridgehead atoms. The quantitative estimate of drug-likeness (QED) is 0.725. The fraction of sp³-hybridized carbons (Fsp3) is 0.278. The number of aryl methyl sites for hydroxylation is 1. The zero-order valence-electron chi connectivity index (χ0n) is 13.6. The van der Waals surface area contributed by atoms with Crippen LogP contribution in [-0.4, -0.2) is 20.2 Å². The second-order valence-electron chi connectivity index (χ2n) is 5.60. The van der Waals surface area contributed by atoms with Crippen molar-refractivity contribution in [3.63, 3.8) is 0 Å². The van der Waals surface area contributed by atoms with Gasteiger partial charge in [0, 0.05) is 6.54 Å². The molecule has 0 saturated heterocycles. The Morgan fingerprint density at radius 3 is 2.62 bits per heavy atom. The van der Waals surface area contributed by atoms with Crippen molar-refractivity contribution in [1.29, 1.82) is 0 Å². The Hall–Kier alpha value is -2.60. The second kappa shape index (κ2) is 7.79. The van der Waals surface area contributed by atoms with E-state index in [0.717, 1.165) is 29.9 Å². The van der Waals surface area contributed by atoms with Gasteiger partial charge in [-0.25, -0.2) is 9.07 Å². The van der Waals surface area contributed by atoms with E-state index in [-0.39, 0.29) is 11.9 Å². The fourth-order valence-electron chi connectivity index (χ4n) is 2.69. The first-order valence-electron chi connectivity index (χ1n) is 8.06. The van der Waals surface area contributed by atoms with Crippen LogP contribution in [0, 0.1) is 5.82 Å². The van der Waals surface area contributed by atoms with Gasteiger partial charge in [0.2, 0.25) is 0 Å². The fourth-order valence-corrected chi connectivity index (χ4v) is 2.69. The van der Waals surface area contributed by atoms with E-state index < -0.39 is 0 Å². The Labute approximate surface area is 140 Å². The highest BCUT2D eigenvalue weighted by Crippen LogP contribution is 2.23. The van der Waals surface area contributed by atoms with E-state index in [1.807, 2.05) is 36.4 Å². The highest BCUT2D eigenvalue weighted by Gasteiger charge is 2.16. The SMILES string of the molecule is CCCn1nnnc1CN[C@H](c1ccccc1)c1cccc(F)c1. The Morgan fingerprint density at radius 2 is 1.88 bits per heavy atom. The molecule has 0 radical (unpaired) electrons. The van der Waals surface area contributed by atoms with Gasteiger partial charge < -0.3 is 0 Å². The first-order valence-corrected chi connectivity index (χ1v) is 8.06. The van der Waals surface area contributed by atoms with Gasteiger partial charge in [0.05, 0.1) is 12.6 Å². The number of hydrogen-bond acceptors (Lipinski definition) is 4. The first-order chi connectivity index (χ1) is 11.8. The summed E-state index contributed by atoms with van der Waals surface area (Å²) in [6, 6.07) is 16.5. The number of benzene rings is 2. The van der Waals surface area contributed by atoms with Gasteiger partial charge in [0.25, 0.3) is 0 Å². The molecule has 0 aliphatic heterocycles. The van der Waals surface area contributed by atoms with Crippen molar-refractivity contribution >= 4 is 0 Å². The molecular formula is C18H20FN5. The monoisotopic (exact) mass is 325 g/mol. The van der Waals surface area contributed by atoms with E-state index in [9.17, 15) is 4.39 Å². The van der Waals surface area contributed by atoms with Gasteiger partial charge in [-0.05, 0) is 40.1 Å². The molecule has 0 amide bonds. The van der Waals surface area contributed by atoms with Crippen LogP contribution in [0.15, 0.2) is 54.6 Å². The molecule has 1 aromatic heterocycles. The third kappa shape index (κ3) is 3.83. The molecule has 124 valence electrons. The van der Waals surface area contributed by atoms with E-state index >= 15 is 0 Å². The summed E-state index contributed by atoms with van der Waals surface area (Å²) in [5.41, 5.74) is 1.94. The zero-order valence-corrected chi connectivity index (χ0v) is 13.6. The molecular weight excluding hydrogens is 305 g/mol. The third-order valence-electron chi connectivity index (χ3n) is 3.82. The van der Waals surface area contributed by atoms with E-state index in [4.69, 9.17) is 0 Å². The summed E-state index contributed by atoms with van der Waals surface area (Å²) in [6.07, 6.45) is 0.962. The predicted octanol–water partition coefficient (Wildman–Crippen LogP) is 3.10. The Kier molecular flexibility index (Phi) is 5.28. The number of tetrazole rings is 1. The van der Waals surface area contributed by atoms with Crippen LogP contribution >= 0.6 is 0 Å². The van der Waals surface area contributed by atoms with E-state index in [2.05, 4.69) is 27.8 Å². The molecule has 1 atom stereocenters. The van der Waals surface area contributed by atoms with Crippen molar-refractivity contribution in [1.82, 2.24) is 25.5 Å². The summed E-state index contributed by atoms with van der Waals surface area (Å²) in [6.45, 7) is 3.36. The van der Waals surface area contributed by atoms with Crippen molar-refractivity contribution in [2.24, 2.45) is 0 Å². The first kappa shape index (κ1) is 16.3. The lowest BCUT2D eigenvalue weighted by atomic mass is 9.98. The van der Waals surface area contributed by atoms with Gasteiger partial charge >= 0.3 is 0 Å². The van der Waals surface area contributed by atoms with Crippen molar-refractivity contribution in [2.45, 2.75) is 32.5 Å². The van der Waals surface area contributed by atoms with Crippen LogP contribution in [0.3, 0.4) is 0 Å². The van der Waals surface area contributed by atoms with Crippen LogP contribution in [0.1, 0.15) is 36.3 Å². The van der Waals surface area contributed by atoms with Gasteiger partial charge in [-0.1, -0.05) is 49.4 Å². The maximum atomic E-state index is 13.7. The number of rotatable bonds is 7. The molecule has 0 aliphatic carbocycles. The highest BCUT2D eigenvalue weighted by molar-refractivity contribution is 5.32. The molecule has 6 heteroatoms. The minimum absolute atomic E-state index is 0.131. The molecule has 0 spiro atoms. The molecule has 0 fully saturated rings. The van der Waals surface area contributed by atoms with Crippen LogP contribution in [0.5, 0.6) is 0 Å². The van der Waals surface area contributed by atoms with E-state index in [1.165, 1.54) is 6.07 Å². The third-order valence-corrected chi connectivity index (χ3v) is 3.82. The van der Waals surface area contributed by atoms with Crippen molar-refractivity contribution < 1.29 is 4.39 Å². The number of nitrogens with zero attached hydrogens (tertiary/aromatic N) is 4. The normalized spacial score (nSPS) is 12.2. The minimum atomic E-state index is -0.244. The molecule has 2 aromatic carbocycles. The number of hydrogen-bond donors (Lipinski definition) is 1. The van der Waals surface area contributed by atoms with Crippen molar-refractivity contribution in [2.75, 3.05) is 0 Å². The van der Waals surface area contributed by atoms with E-state index in [0.29, 0.717) is 6.54 Å². The average molecular weight is 325 g/mol. The maximum absolute atomic E-state index is 13.7. The van der Waals surface area contributed by atoms with Gasteiger partial charge in [-0.15, -0.1) is 5.10 Å². The van der Waals surface area contributed by atoms with Gasteiger partial charge in [0.1, 0.15) is 5.82 Å². The Morgan fingerprint density at radius 1 is 1.08 bits per heavy atom. The predicted molar refractivity (Wildman–Crippen MR) is 89.6 cm³/mol. The minimum Gasteiger partial charge on any atom is -0.299 e. The maximum Gasteiger partial charge on any atom is 0.165 e. The van der Waals surface area contributed by atoms with Crippen LogP contribution in [0.4, 0.5) is 4.39 Å². The largest absolute Gasteiger partial charge is 0.299 e. The topological polar surface area (TPSA) is 55.6 Å². The molecule has 5 nitrogen and oxygen atoms in total. The zero-order chi connectivity index (χ0) is 16.8. The number of aromatic nitrogens is 4. The Bertz CT molecular complexity index is 772. The molecule has 1 N–H and O–H groups in total. The van der Waals surface area contributed by atoms with Crippen LogP contribution < -0.4 is 5.32 Å². The smallest absolute Gasteiger partial charge is 0.165 e. The molecule has 3 aromatic rings. The highest BCUT2D eigenvalue weighted by atomic mass is 19.1. The summed E-state index contributed by atoms with van der Waals surface area (Å²) < 4.78 is 15.4. The standard InChI is InChI=1S/C18H20FN5/c1-2-11-24-17(21-22-23-24)13-20-18(14-7-4-3-5-8-14)15-9-6-10-16(19)12-15/h3-10,12,18,20H,2,11,13H2,1H3/t18-/m1/s1. The summed E-state index contributed by atoms with van der Waals surface area (Å²) >= 11 is 0. The van der Waals surface area contributed by atoms with Crippen molar-refractivity contribution in [3.8, 4) is 0 Å². The molecule has 24 heavy (non-hydrogen) atoms. The van der Waals surface area contributed by atoms with Crippen LogP contribution in [-0.2, 0) is 13.1 Å². The summed E-state index contributed by atoms with van der Waals surface area (Å²) in [5.74, 6) is 0.528. The lowest BCUT2D eigenvalue weighted by Gasteiger charge is -2.19. The van der Waals surface area contributed by atoms with Gasteiger partial charge in [-0.3, -0.25) is 5.32 Å². The van der Waals surface area contributed by atoms with Gasteiger partial charge in [0.15, 0.2) is 5.82 Å². The number of nitrogens with one attached hydrogen (secondary N) is 1. The average Bonchev–Trinajstić information content (AvgIpc) is 3.04. The molecule has 0 aliphatic rings. The molecule has 0 unspecified atom stereocenters. The second-order valence-corrected chi connectivity index (χ2v) is 5.60. The summed E-state index contributed by atoms with van der Waals surface area (Å²) in [4.78, 5) is 0. The molecule has 0 saturated carbocycles. The molecule has 3 rings (SSSR count). The summed E-state index contributed by atoms with van der Waals surface area (Å²) in [7, 11) is 0. The van der Waals surface area contributed by atoms with Crippen LogP contribution in [0.2, 0.25) is 0 Å². The van der Waals surface area contributed by atoms with Crippen molar-refractivity contribution in [3.05, 3.63) is 77.4 Å². The van der Waals surface area contributed by atoms with E-state index in [1.54, 1.807) is 16.8 Å². The van der Waals surface area contributed by atoms with Crippen LogP contribution in [0.25, 0.3) is 0 Å². The number of halogens is 1.